The third kappa shape index (κ3) is 2.65. The van der Waals surface area contributed by atoms with Gasteiger partial charge in [0.05, 0.1) is 23.2 Å². The summed E-state index contributed by atoms with van der Waals surface area (Å²) in [6, 6.07) is 13.7. The number of anilines is 2. The molecule has 0 spiro atoms. The van der Waals surface area contributed by atoms with E-state index in [-0.39, 0.29) is 0 Å². The summed E-state index contributed by atoms with van der Waals surface area (Å²) in [5, 5.41) is 13.3. The van der Waals surface area contributed by atoms with Crippen LogP contribution in [-0.4, -0.2) is 17.1 Å². The highest BCUT2D eigenvalue weighted by Crippen LogP contribution is 2.27. The predicted molar refractivity (Wildman–Crippen MR) is 84.4 cm³/mol. The molecule has 1 radical (unpaired) electrons. The molecule has 0 aliphatic carbocycles. The molecule has 3 aromatic rings. The number of hydrogen-bond acceptors (Lipinski definition) is 5. The largest absolute Gasteiger partial charge is 0.496 e. The summed E-state index contributed by atoms with van der Waals surface area (Å²) < 4.78 is 5.14. The van der Waals surface area contributed by atoms with E-state index in [1.807, 2.05) is 6.07 Å². The molecule has 0 fully saturated rings. The molecule has 107 valence electrons. The molecule has 1 aromatic heterocycles. The second-order valence-corrected chi connectivity index (χ2v) is 4.86. The monoisotopic (exact) mass is 309 g/mol. The molecule has 3 rings (SSSR count). The maximum Gasteiger partial charge on any atom is 0.141 e. The van der Waals surface area contributed by atoms with Gasteiger partial charge in [-0.15, -0.1) is 0 Å². The number of aromatic nitrogens is 2. The van der Waals surface area contributed by atoms with Crippen LogP contribution in [0.25, 0.3) is 10.9 Å². The zero-order valence-corrected chi connectivity index (χ0v) is 12.3. The van der Waals surface area contributed by atoms with Crippen LogP contribution in [-0.2, 0) is 0 Å². The number of hydrogen-bond donors (Lipinski definition) is 1. The van der Waals surface area contributed by atoms with Crippen LogP contribution in [0.15, 0.2) is 36.7 Å². The molecule has 1 N–H and O–H groups in total. The van der Waals surface area contributed by atoms with E-state index in [9.17, 15) is 0 Å². The van der Waals surface area contributed by atoms with Crippen LogP contribution in [0.3, 0.4) is 0 Å². The lowest BCUT2D eigenvalue weighted by Crippen LogP contribution is -1.96. The van der Waals surface area contributed by atoms with Crippen molar-refractivity contribution in [3.63, 3.8) is 0 Å². The summed E-state index contributed by atoms with van der Waals surface area (Å²) in [6.07, 6.45) is 1.47. The van der Waals surface area contributed by atoms with E-state index in [1.54, 1.807) is 37.4 Å². The number of nitriles is 1. The molecule has 22 heavy (non-hydrogen) atoms. The fraction of sp³-hybridized carbons (Fsp3) is 0.0625. The van der Waals surface area contributed by atoms with Crippen molar-refractivity contribution in [2.45, 2.75) is 0 Å². The number of rotatable bonds is 3. The summed E-state index contributed by atoms with van der Waals surface area (Å²) >= 11 is 6.04. The third-order valence-electron chi connectivity index (χ3n) is 3.11. The number of halogens is 1. The van der Waals surface area contributed by atoms with Crippen LogP contribution in [0, 0.1) is 17.4 Å². The average Bonchev–Trinajstić information content (AvgIpc) is 2.55. The number of methoxy groups -OCH3 is 1. The van der Waals surface area contributed by atoms with Gasteiger partial charge >= 0.3 is 0 Å². The Morgan fingerprint density at radius 1 is 1.32 bits per heavy atom. The van der Waals surface area contributed by atoms with Crippen LogP contribution in [0.2, 0.25) is 5.02 Å². The van der Waals surface area contributed by atoms with Gasteiger partial charge in [-0.3, -0.25) is 0 Å². The van der Waals surface area contributed by atoms with Gasteiger partial charge < -0.3 is 10.1 Å². The van der Waals surface area contributed by atoms with Gasteiger partial charge in [0.15, 0.2) is 0 Å². The molecule has 0 bridgehead atoms. The molecular formula is C16H10ClN4O. The smallest absolute Gasteiger partial charge is 0.141 e. The first-order valence-electron chi connectivity index (χ1n) is 6.38. The van der Waals surface area contributed by atoms with E-state index in [0.29, 0.717) is 22.2 Å². The first-order valence-corrected chi connectivity index (χ1v) is 6.76. The number of benzene rings is 2. The van der Waals surface area contributed by atoms with E-state index >= 15 is 0 Å². The summed E-state index contributed by atoms with van der Waals surface area (Å²) in [6.45, 7) is 0. The first-order chi connectivity index (χ1) is 10.7. The maximum atomic E-state index is 8.90. The molecule has 0 amide bonds. The number of fused-ring (bicyclic) bond motifs is 1. The average molecular weight is 310 g/mol. The minimum Gasteiger partial charge on any atom is -0.496 e. The van der Waals surface area contributed by atoms with Crippen molar-refractivity contribution >= 4 is 34.0 Å². The van der Waals surface area contributed by atoms with Crippen molar-refractivity contribution < 1.29 is 4.74 Å². The lowest BCUT2D eigenvalue weighted by Gasteiger charge is -2.09. The highest BCUT2D eigenvalue weighted by Gasteiger charge is 2.07. The van der Waals surface area contributed by atoms with E-state index in [0.717, 1.165) is 16.6 Å². The fourth-order valence-corrected chi connectivity index (χ4v) is 2.24. The topological polar surface area (TPSA) is 70.8 Å². The van der Waals surface area contributed by atoms with E-state index in [4.69, 9.17) is 21.6 Å². The van der Waals surface area contributed by atoms with Gasteiger partial charge in [0.1, 0.15) is 24.0 Å². The Labute approximate surface area is 132 Å². The Hall–Kier alpha value is -2.84. The minimum absolute atomic E-state index is 0.388. The van der Waals surface area contributed by atoms with Gasteiger partial charge in [0.2, 0.25) is 0 Å². The summed E-state index contributed by atoms with van der Waals surface area (Å²) in [7, 11) is 1.58. The lowest BCUT2D eigenvalue weighted by atomic mass is 10.2. The van der Waals surface area contributed by atoms with Gasteiger partial charge in [-0.25, -0.2) is 9.97 Å². The van der Waals surface area contributed by atoms with Crippen molar-refractivity contribution in [2.24, 2.45) is 0 Å². The highest BCUT2D eigenvalue weighted by atomic mass is 35.5. The summed E-state index contributed by atoms with van der Waals surface area (Å²) in [5.74, 6) is 1.24. The Kier molecular flexibility index (Phi) is 3.77. The molecular weight excluding hydrogens is 300 g/mol. The molecule has 2 aromatic carbocycles. The number of nitrogens with one attached hydrogen (secondary N) is 1. The Morgan fingerprint density at radius 3 is 2.91 bits per heavy atom. The van der Waals surface area contributed by atoms with E-state index < -0.39 is 0 Å². The maximum absolute atomic E-state index is 8.90. The minimum atomic E-state index is 0.388. The van der Waals surface area contributed by atoms with Crippen LogP contribution in [0.4, 0.5) is 11.5 Å². The van der Waals surface area contributed by atoms with Gasteiger partial charge in [-0.2, -0.15) is 5.26 Å². The summed E-state index contributed by atoms with van der Waals surface area (Å²) in [4.78, 5) is 8.46. The standard InChI is InChI=1S/C16H10ClN4O/c1-22-12-4-5-13-15(7-12)19-9-20-16(13)21-11-3-2-10(8-18)14(17)6-11/h2-3,5-7,9H,1H3,(H,19,20,21). The second-order valence-electron chi connectivity index (χ2n) is 4.45. The quantitative estimate of drug-likeness (QED) is 0.798. The molecule has 0 unspecified atom stereocenters. The first kappa shape index (κ1) is 14.1. The van der Waals surface area contributed by atoms with Crippen molar-refractivity contribution in [1.82, 2.24) is 9.97 Å². The fourth-order valence-electron chi connectivity index (χ4n) is 2.01. The molecule has 1 heterocycles. The van der Waals surface area contributed by atoms with Crippen molar-refractivity contribution in [1.29, 1.82) is 5.26 Å². The van der Waals surface area contributed by atoms with E-state index in [1.165, 1.54) is 6.33 Å². The second kappa shape index (κ2) is 5.88. The molecule has 5 nitrogen and oxygen atoms in total. The van der Waals surface area contributed by atoms with Gasteiger partial charge in [-0.1, -0.05) is 11.6 Å². The van der Waals surface area contributed by atoms with Crippen LogP contribution in [0.1, 0.15) is 5.56 Å². The lowest BCUT2D eigenvalue weighted by molar-refractivity contribution is 0.414. The Bertz CT molecular complexity index is 889. The van der Waals surface area contributed by atoms with Crippen molar-refractivity contribution in [2.75, 3.05) is 12.4 Å². The summed E-state index contributed by atoms with van der Waals surface area (Å²) in [5.41, 5.74) is 1.91. The van der Waals surface area contributed by atoms with Gasteiger partial charge in [0, 0.05) is 23.2 Å². The van der Waals surface area contributed by atoms with E-state index in [2.05, 4.69) is 21.4 Å². The van der Waals surface area contributed by atoms with Crippen LogP contribution in [0.5, 0.6) is 5.75 Å². The van der Waals surface area contributed by atoms with Gasteiger partial charge in [0.25, 0.3) is 0 Å². The van der Waals surface area contributed by atoms with Crippen molar-refractivity contribution in [3.8, 4) is 11.8 Å². The predicted octanol–water partition coefficient (Wildman–Crippen LogP) is 3.71. The molecule has 0 saturated carbocycles. The van der Waals surface area contributed by atoms with Crippen molar-refractivity contribution in [3.05, 3.63) is 53.3 Å². The number of nitrogens with zero attached hydrogens (tertiary/aromatic N) is 3. The number of ether oxygens (including phenoxy) is 1. The van der Waals surface area contributed by atoms with Crippen LogP contribution < -0.4 is 10.1 Å². The normalized spacial score (nSPS) is 10.2. The molecule has 6 heteroatoms. The molecule has 0 atom stereocenters. The molecule has 0 aliphatic heterocycles. The SMILES string of the molecule is COc1[c]cc2c(Nc3ccc(C#N)c(Cl)c3)ncnc2c1. The van der Waals surface area contributed by atoms with Gasteiger partial charge in [-0.05, 0) is 24.3 Å². The third-order valence-corrected chi connectivity index (χ3v) is 3.43. The Balaban J connectivity index is 2.00. The highest BCUT2D eigenvalue weighted by molar-refractivity contribution is 6.32. The Morgan fingerprint density at radius 2 is 2.18 bits per heavy atom. The molecule has 0 saturated heterocycles. The molecule has 0 aliphatic rings. The zero-order valence-electron chi connectivity index (χ0n) is 11.6. The zero-order chi connectivity index (χ0) is 15.5. The van der Waals surface area contributed by atoms with Crippen LogP contribution >= 0.6 is 11.6 Å².